The van der Waals surface area contributed by atoms with Gasteiger partial charge in [-0.3, -0.25) is 10.1 Å². The second-order valence-electron chi connectivity index (χ2n) is 4.77. The molecule has 0 bridgehead atoms. The predicted molar refractivity (Wildman–Crippen MR) is 74.7 cm³/mol. The Balaban J connectivity index is 2.48. The summed E-state index contributed by atoms with van der Waals surface area (Å²) in [5, 5.41) is 11.1. The van der Waals surface area contributed by atoms with Crippen molar-refractivity contribution in [3.8, 4) is 0 Å². The van der Waals surface area contributed by atoms with Crippen LogP contribution < -0.4 is 5.73 Å². The fourth-order valence-corrected chi connectivity index (χ4v) is 4.07. The summed E-state index contributed by atoms with van der Waals surface area (Å²) >= 11 is 0. The van der Waals surface area contributed by atoms with Crippen molar-refractivity contribution in [2.24, 2.45) is 0 Å². The van der Waals surface area contributed by atoms with Crippen molar-refractivity contribution in [3.05, 3.63) is 28.3 Å². The summed E-state index contributed by atoms with van der Waals surface area (Å²) in [6, 6.07) is 4.00. The van der Waals surface area contributed by atoms with Crippen LogP contribution in [0.1, 0.15) is 25.7 Å². The average molecular weight is 299 g/mol. The fourth-order valence-electron chi connectivity index (χ4n) is 2.36. The number of hydrogen-bond acceptors (Lipinski definition) is 5. The van der Waals surface area contributed by atoms with Crippen LogP contribution in [0.25, 0.3) is 0 Å². The zero-order valence-electron chi connectivity index (χ0n) is 11.0. The molecule has 1 heterocycles. The number of nitrogens with zero attached hydrogens (tertiary/aromatic N) is 2. The molecule has 0 atom stereocenters. The molecule has 2 rings (SSSR count). The van der Waals surface area contributed by atoms with E-state index in [1.807, 2.05) is 0 Å². The number of benzene rings is 1. The molecule has 0 spiro atoms. The molecule has 1 fully saturated rings. The zero-order chi connectivity index (χ0) is 14.8. The van der Waals surface area contributed by atoms with Crippen LogP contribution in [0.4, 0.5) is 11.4 Å². The smallest absolute Gasteiger partial charge is 0.312 e. The summed E-state index contributed by atoms with van der Waals surface area (Å²) in [6.45, 7) is 0.794. The van der Waals surface area contributed by atoms with Gasteiger partial charge in [0.15, 0.2) is 4.90 Å². The second kappa shape index (κ2) is 5.76. The van der Waals surface area contributed by atoms with E-state index in [2.05, 4.69) is 0 Å². The van der Waals surface area contributed by atoms with Gasteiger partial charge in [0.2, 0.25) is 10.0 Å². The first-order valence-electron chi connectivity index (χ1n) is 6.47. The average Bonchev–Trinajstić information content (AvgIpc) is 2.67. The lowest BCUT2D eigenvalue weighted by Gasteiger charge is -2.20. The van der Waals surface area contributed by atoms with E-state index in [0.717, 1.165) is 25.7 Å². The van der Waals surface area contributed by atoms with Gasteiger partial charge >= 0.3 is 5.69 Å². The van der Waals surface area contributed by atoms with Gasteiger partial charge in [0, 0.05) is 13.1 Å². The topological polar surface area (TPSA) is 107 Å². The number of nitro benzene ring substituents is 1. The highest BCUT2D eigenvalue weighted by Crippen LogP contribution is 2.32. The maximum Gasteiger partial charge on any atom is 0.312 e. The molecule has 1 saturated heterocycles. The van der Waals surface area contributed by atoms with Crippen molar-refractivity contribution in [2.75, 3.05) is 18.8 Å². The maximum absolute atomic E-state index is 12.6. The quantitative estimate of drug-likeness (QED) is 0.519. The van der Waals surface area contributed by atoms with Crippen molar-refractivity contribution in [3.63, 3.8) is 0 Å². The molecule has 1 aromatic rings. The first kappa shape index (κ1) is 14.7. The SMILES string of the molecule is Nc1cccc(S(=O)(=O)N2CCCCCC2)c1[N+](=O)[O-]. The van der Waals surface area contributed by atoms with E-state index >= 15 is 0 Å². The van der Waals surface area contributed by atoms with Crippen LogP contribution in [0.5, 0.6) is 0 Å². The Kier molecular flexibility index (Phi) is 4.24. The van der Waals surface area contributed by atoms with E-state index in [4.69, 9.17) is 5.73 Å². The summed E-state index contributed by atoms with van der Waals surface area (Å²) in [5.41, 5.74) is 4.89. The molecule has 1 aromatic carbocycles. The van der Waals surface area contributed by atoms with Gasteiger partial charge < -0.3 is 5.73 Å². The highest BCUT2D eigenvalue weighted by molar-refractivity contribution is 7.89. The molecule has 0 unspecified atom stereocenters. The van der Waals surface area contributed by atoms with Crippen LogP contribution in [0, 0.1) is 10.1 Å². The maximum atomic E-state index is 12.6. The van der Waals surface area contributed by atoms with E-state index < -0.39 is 20.6 Å². The Bertz CT molecular complexity index is 607. The van der Waals surface area contributed by atoms with Gasteiger partial charge in [-0.15, -0.1) is 0 Å². The minimum absolute atomic E-state index is 0.133. The first-order valence-corrected chi connectivity index (χ1v) is 7.91. The van der Waals surface area contributed by atoms with E-state index in [9.17, 15) is 18.5 Å². The lowest BCUT2D eigenvalue weighted by atomic mass is 10.2. The third kappa shape index (κ3) is 2.75. The fraction of sp³-hybridized carbons (Fsp3) is 0.500. The van der Waals surface area contributed by atoms with E-state index in [0.29, 0.717) is 13.1 Å². The molecule has 0 aliphatic carbocycles. The first-order chi connectivity index (χ1) is 9.44. The molecule has 110 valence electrons. The van der Waals surface area contributed by atoms with Gasteiger partial charge in [-0.25, -0.2) is 8.42 Å². The number of nitrogen functional groups attached to an aromatic ring is 1. The van der Waals surface area contributed by atoms with Gasteiger partial charge in [0.05, 0.1) is 4.92 Å². The Labute approximate surface area is 117 Å². The Morgan fingerprint density at radius 2 is 1.75 bits per heavy atom. The standard InChI is InChI=1S/C12H17N3O4S/c13-10-6-5-7-11(12(10)15(16)17)20(18,19)14-8-3-1-2-4-9-14/h5-7H,1-4,8-9,13H2. The van der Waals surface area contributed by atoms with E-state index in [1.165, 1.54) is 22.5 Å². The molecule has 0 radical (unpaired) electrons. The Hall–Kier alpha value is -1.67. The molecule has 1 aliphatic rings. The number of para-hydroxylation sites is 1. The predicted octanol–water partition coefficient (Wildman–Crippen LogP) is 1.74. The summed E-state index contributed by atoms with van der Waals surface area (Å²) < 4.78 is 26.5. The van der Waals surface area contributed by atoms with Gasteiger partial charge in [-0.05, 0) is 25.0 Å². The molecular formula is C12H17N3O4S. The minimum Gasteiger partial charge on any atom is -0.393 e. The molecule has 7 nitrogen and oxygen atoms in total. The number of anilines is 1. The third-order valence-electron chi connectivity index (χ3n) is 3.40. The van der Waals surface area contributed by atoms with Gasteiger partial charge in [0.1, 0.15) is 5.69 Å². The van der Waals surface area contributed by atoms with Crippen molar-refractivity contribution in [1.29, 1.82) is 0 Å². The summed E-state index contributed by atoms with van der Waals surface area (Å²) in [6.07, 6.45) is 3.50. The lowest BCUT2D eigenvalue weighted by Crippen LogP contribution is -2.32. The molecule has 8 heteroatoms. The third-order valence-corrected chi connectivity index (χ3v) is 5.33. The van der Waals surface area contributed by atoms with Crippen LogP contribution in [0.3, 0.4) is 0 Å². The molecular weight excluding hydrogens is 282 g/mol. The summed E-state index contributed by atoms with van der Waals surface area (Å²) in [5.74, 6) is 0. The van der Waals surface area contributed by atoms with Gasteiger partial charge in [-0.1, -0.05) is 18.9 Å². The Morgan fingerprint density at radius 1 is 1.15 bits per heavy atom. The molecule has 2 N–H and O–H groups in total. The van der Waals surface area contributed by atoms with Crippen LogP contribution >= 0.6 is 0 Å². The van der Waals surface area contributed by atoms with Crippen LogP contribution in [-0.2, 0) is 10.0 Å². The highest BCUT2D eigenvalue weighted by atomic mass is 32.2. The Morgan fingerprint density at radius 3 is 2.30 bits per heavy atom. The van der Waals surface area contributed by atoms with Crippen LogP contribution in [0.2, 0.25) is 0 Å². The summed E-state index contributed by atoms with van der Waals surface area (Å²) in [7, 11) is -3.87. The molecule has 0 saturated carbocycles. The number of rotatable bonds is 3. The van der Waals surface area contributed by atoms with Crippen molar-refractivity contribution in [1.82, 2.24) is 4.31 Å². The van der Waals surface area contributed by atoms with Crippen molar-refractivity contribution >= 4 is 21.4 Å². The number of sulfonamides is 1. The van der Waals surface area contributed by atoms with Crippen molar-refractivity contribution < 1.29 is 13.3 Å². The van der Waals surface area contributed by atoms with E-state index in [1.54, 1.807) is 0 Å². The lowest BCUT2D eigenvalue weighted by molar-refractivity contribution is -0.386. The summed E-state index contributed by atoms with van der Waals surface area (Å²) in [4.78, 5) is 10.0. The van der Waals surface area contributed by atoms with Gasteiger partial charge in [0.25, 0.3) is 0 Å². The van der Waals surface area contributed by atoms with Crippen LogP contribution in [0.15, 0.2) is 23.1 Å². The van der Waals surface area contributed by atoms with E-state index in [-0.39, 0.29) is 10.6 Å². The van der Waals surface area contributed by atoms with Gasteiger partial charge in [-0.2, -0.15) is 4.31 Å². The molecule has 0 amide bonds. The van der Waals surface area contributed by atoms with Crippen molar-refractivity contribution in [2.45, 2.75) is 30.6 Å². The number of nitrogens with two attached hydrogens (primary N) is 1. The largest absolute Gasteiger partial charge is 0.393 e. The minimum atomic E-state index is -3.87. The monoisotopic (exact) mass is 299 g/mol. The highest BCUT2D eigenvalue weighted by Gasteiger charge is 2.33. The number of nitro groups is 1. The molecule has 1 aliphatic heterocycles. The van der Waals surface area contributed by atoms with Crippen LogP contribution in [-0.4, -0.2) is 30.7 Å². The molecule has 20 heavy (non-hydrogen) atoms. The number of hydrogen-bond donors (Lipinski definition) is 1. The molecule has 0 aromatic heterocycles. The normalized spacial score (nSPS) is 17.6. The second-order valence-corrected chi connectivity index (χ2v) is 6.68. The zero-order valence-corrected chi connectivity index (χ0v) is 11.8.